The Morgan fingerprint density at radius 3 is 2.32 bits per heavy atom. The number of nitro groups is 1. The second-order valence-electron chi connectivity index (χ2n) is 8.42. The van der Waals surface area contributed by atoms with Crippen molar-refractivity contribution in [2.45, 2.75) is 71.3 Å². The van der Waals surface area contributed by atoms with Crippen LogP contribution in [0.15, 0.2) is 24.3 Å². The van der Waals surface area contributed by atoms with Gasteiger partial charge in [0.25, 0.3) is 5.69 Å². The quantitative estimate of drug-likeness (QED) is 0.226. The highest BCUT2D eigenvalue weighted by atomic mass is 16.6. The number of non-ortho nitro benzene ring substituents is 1. The summed E-state index contributed by atoms with van der Waals surface area (Å²) < 4.78 is 5.40. The lowest BCUT2D eigenvalue weighted by Gasteiger charge is -2.28. The van der Waals surface area contributed by atoms with E-state index >= 15 is 0 Å². The van der Waals surface area contributed by atoms with Crippen LogP contribution in [0.2, 0.25) is 0 Å². The molecule has 0 N–H and O–H groups in total. The van der Waals surface area contributed by atoms with Gasteiger partial charge in [-0.25, -0.2) is 0 Å². The van der Waals surface area contributed by atoms with Gasteiger partial charge in [0, 0.05) is 51.3 Å². The molecule has 174 valence electrons. The van der Waals surface area contributed by atoms with E-state index in [9.17, 15) is 14.9 Å². The topological polar surface area (TPSA) is 75.9 Å². The first-order chi connectivity index (χ1) is 15.1. The number of unbranched alkanes of at least 4 members (excludes halogenated alkanes) is 6. The lowest BCUT2D eigenvalue weighted by Crippen LogP contribution is -2.39. The summed E-state index contributed by atoms with van der Waals surface area (Å²) >= 11 is 0. The molecule has 0 saturated carbocycles. The standard InChI is InChI=1S/C24H39N3O4/c1-2-3-4-5-6-7-8-10-24(28)26(16-9-15-25-17-19-31-20-18-25)21-22-11-13-23(14-12-22)27(29)30/h11-14H,2-10,15-21H2,1H3. The van der Waals surface area contributed by atoms with E-state index in [1.54, 1.807) is 12.1 Å². The molecule has 0 bridgehead atoms. The number of carbonyl (C=O) groups excluding carboxylic acids is 1. The third-order valence-corrected chi connectivity index (χ3v) is 5.87. The van der Waals surface area contributed by atoms with Gasteiger partial charge < -0.3 is 9.64 Å². The lowest BCUT2D eigenvalue weighted by molar-refractivity contribution is -0.384. The number of morpholine rings is 1. The molecule has 0 unspecified atom stereocenters. The van der Waals surface area contributed by atoms with Crippen molar-refractivity contribution in [2.24, 2.45) is 0 Å². The average molecular weight is 434 g/mol. The van der Waals surface area contributed by atoms with Gasteiger partial charge in [0.2, 0.25) is 5.91 Å². The summed E-state index contributed by atoms with van der Waals surface area (Å²) in [4.78, 5) is 27.7. The van der Waals surface area contributed by atoms with Gasteiger partial charge >= 0.3 is 0 Å². The van der Waals surface area contributed by atoms with Crippen molar-refractivity contribution in [3.8, 4) is 0 Å². The molecule has 0 spiro atoms. The van der Waals surface area contributed by atoms with Gasteiger partial charge in [-0.05, 0) is 18.4 Å². The number of rotatable bonds is 15. The van der Waals surface area contributed by atoms with E-state index in [0.29, 0.717) is 19.5 Å². The van der Waals surface area contributed by atoms with Crippen LogP contribution in [0.5, 0.6) is 0 Å². The summed E-state index contributed by atoms with van der Waals surface area (Å²) in [6.45, 7) is 7.87. The molecule has 1 saturated heterocycles. The highest BCUT2D eigenvalue weighted by Crippen LogP contribution is 2.16. The van der Waals surface area contributed by atoms with Crippen LogP contribution in [0.4, 0.5) is 5.69 Å². The Kier molecular flexibility index (Phi) is 12.2. The van der Waals surface area contributed by atoms with E-state index < -0.39 is 4.92 Å². The molecule has 1 amide bonds. The number of ether oxygens (including phenoxy) is 1. The molecule has 2 rings (SSSR count). The minimum absolute atomic E-state index is 0.0806. The molecule has 1 heterocycles. The second kappa shape index (κ2) is 14.9. The molecule has 0 aromatic heterocycles. The second-order valence-corrected chi connectivity index (χ2v) is 8.42. The Balaban J connectivity index is 1.83. The molecular formula is C24H39N3O4. The van der Waals surface area contributed by atoms with Gasteiger partial charge in [0.05, 0.1) is 18.1 Å². The monoisotopic (exact) mass is 433 g/mol. The highest BCUT2D eigenvalue weighted by Gasteiger charge is 2.16. The first-order valence-corrected chi connectivity index (χ1v) is 11.9. The van der Waals surface area contributed by atoms with Crippen LogP contribution < -0.4 is 0 Å². The Hall–Kier alpha value is -1.99. The van der Waals surface area contributed by atoms with Crippen molar-refractivity contribution in [3.05, 3.63) is 39.9 Å². The number of carbonyl (C=O) groups is 1. The third-order valence-electron chi connectivity index (χ3n) is 5.87. The summed E-state index contributed by atoms with van der Waals surface area (Å²) in [5.74, 6) is 0.189. The lowest BCUT2D eigenvalue weighted by atomic mass is 10.1. The summed E-state index contributed by atoms with van der Waals surface area (Å²) in [5, 5.41) is 10.9. The Morgan fingerprint density at radius 2 is 1.68 bits per heavy atom. The van der Waals surface area contributed by atoms with E-state index in [1.165, 1.54) is 44.2 Å². The number of nitro benzene ring substituents is 1. The molecule has 1 aromatic carbocycles. The number of amides is 1. The molecule has 1 aliphatic rings. The van der Waals surface area contributed by atoms with Crippen LogP contribution in [0.3, 0.4) is 0 Å². The van der Waals surface area contributed by atoms with Gasteiger partial charge in [-0.3, -0.25) is 19.8 Å². The Morgan fingerprint density at radius 1 is 1.03 bits per heavy atom. The van der Waals surface area contributed by atoms with E-state index in [-0.39, 0.29) is 11.6 Å². The van der Waals surface area contributed by atoms with Crippen molar-refractivity contribution in [1.29, 1.82) is 0 Å². The van der Waals surface area contributed by atoms with Gasteiger partial charge in [0.1, 0.15) is 0 Å². The summed E-state index contributed by atoms with van der Waals surface area (Å²) in [5.41, 5.74) is 1.02. The first-order valence-electron chi connectivity index (χ1n) is 11.9. The number of hydrogen-bond acceptors (Lipinski definition) is 5. The molecule has 7 heteroatoms. The zero-order chi connectivity index (χ0) is 22.3. The minimum atomic E-state index is -0.393. The van der Waals surface area contributed by atoms with Crippen LogP contribution in [-0.2, 0) is 16.1 Å². The summed E-state index contributed by atoms with van der Waals surface area (Å²) in [6.07, 6.45) is 9.85. The third kappa shape index (κ3) is 10.2. The predicted molar refractivity (Wildman–Crippen MR) is 123 cm³/mol. The number of hydrogen-bond donors (Lipinski definition) is 0. The molecule has 1 aliphatic heterocycles. The van der Waals surface area contributed by atoms with Crippen LogP contribution >= 0.6 is 0 Å². The zero-order valence-electron chi connectivity index (χ0n) is 19.1. The van der Waals surface area contributed by atoms with Gasteiger partial charge in [0.15, 0.2) is 0 Å². The van der Waals surface area contributed by atoms with E-state index in [1.807, 2.05) is 4.90 Å². The van der Waals surface area contributed by atoms with E-state index in [4.69, 9.17) is 4.74 Å². The molecule has 0 atom stereocenters. The van der Waals surface area contributed by atoms with Crippen molar-refractivity contribution in [2.75, 3.05) is 39.4 Å². The zero-order valence-corrected chi connectivity index (χ0v) is 19.1. The maximum atomic E-state index is 12.9. The number of nitrogens with zero attached hydrogens (tertiary/aromatic N) is 3. The van der Waals surface area contributed by atoms with Crippen molar-refractivity contribution >= 4 is 11.6 Å². The van der Waals surface area contributed by atoms with Gasteiger partial charge in [-0.2, -0.15) is 0 Å². The fourth-order valence-corrected chi connectivity index (χ4v) is 3.94. The van der Waals surface area contributed by atoms with Crippen LogP contribution in [0.25, 0.3) is 0 Å². The van der Waals surface area contributed by atoms with Crippen molar-refractivity contribution in [1.82, 2.24) is 9.80 Å². The largest absolute Gasteiger partial charge is 0.379 e. The predicted octanol–water partition coefficient (Wildman–Crippen LogP) is 4.79. The van der Waals surface area contributed by atoms with Crippen LogP contribution in [-0.4, -0.2) is 60.0 Å². The summed E-state index contributed by atoms with van der Waals surface area (Å²) in [6, 6.07) is 6.55. The molecule has 0 radical (unpaired) electrons. The van der Waals surface area contributed by atoms with E-state index in [2.05, 4.69) is 11.8 Å². The normalized spacial score (nSPS) is 14.5. The molecule has 31 heavy (non-hydrogen) atoms. The van der Waals surface area contributed by atoms with Crippen LogP contribution in [0, 0.1) is 10.1 Å². The van der Waals surface area contributed by atoms with Gasteiger partial charge in [-0.15, -0.1) is 0 Å². The Bertz CT molecular complexity index is 645. The molecule has 0 aliphatic carbocycles. The molecule has 1 fully saturated rings. The van der Waals surface area contributed by atoms with Crippen molar-refractivity contribution < 1.29 is 14.5 Å². The molecular weight excluding hydrogens is 394 g/mol. The average Bonchev–Trinajstić information content (AvgIpc) is 2.78. The fourth-order valence-electron chi connectivity index (χ4n) is 3.94. The van der Waals surface area contributed by atoms with Crippen LogP contribution in [0.1, 0.15) is 70.3 Å². The minimum Gasteiger partial charge on any atom is -0.379 e. The van der Waals surface area contributed by atoms with Crippen molar-refractivity contribution in [3.63, 3.8) is 0 Å². The molecule has 1 aromatic rings. The van der Waals surface area contributed by atoms with E-state index in [0.717, 1.165) is 57.7 Å². The summed E-state index contributed by atoms with van der Waals surface area (Å²) in [7, 11) is 0. The fraction of sp³-hybridized carbons (Fsp3) is 0.708. The number of benzene rings is 1. The smallest absolute Gasteiger partial charge is 0.269 e. The first kappa shape index (κ1) is 25.3. The maximum absolute atomic E-state index is 12.9. The highest BCUT2D eigenvalue weighted by molar-refractivity contribution is 5.76. The molecule has 7 nitrogen and oxygen atoms in total. The van der Waals surface area contributed by atoms with Gasteiger partial charge in [-0.1, -0.05) is 57.6 Å². The maximum Gasteiger partial charge on any atom is 0.269 e. The Labute approximate surface area is 186 Å². The SMILES string of the molecule is CCCCCCCCCC(=O)N(CCCN1CCOCC1)Cc1ccc([N+](=O)[O-])cc1.